The predicted octanol–water partition coefficient (Wildman–Crippen LogP) is 0.271. The summed E-state index contributed by atoms with van der Waals surface area (Å²) in [7, 11) is 6.85. The summed E-state index contributed by atoms with van der Waals surface area (Å²) in [6.45, 7) is 3.59. The van der Waals surface area contributed by atoms with Crippen LogP contribution in [0.5, 0.6) is 0 Å². The average molecular weight is 468 g/mol. The van der Waals surface area contributed by atoms with E-state index in [0.29, 0.717) is 13.0 Å². The molecule has 5 saturated carbocycles. The molecule has 33 heavy (non-hydrogen) atoms. The molecule has 8 nitrogen and oxygen atoms in total. The highest BCUT2D eigenvalue weighted by Gasteiger charge is 2.91. The fourth-order valence-electron chi connectivity index (χ4n) is 11.0. The number of rotatable bonds is 6. The molecule has 1 heterocycles. The Kier molecular flexibility index (Phi) is 4.99. The third-order valence-corrected chi connectivity index (χ3v) is 11.6. The minimum Gasteiger partial charge on any atom is -0.396 e. The fraction of sp³-hybridized carbons (Fsp3) is 1.00. The van der Waals surface area contributed by atoms with Crippen molar-refractivity contribution in [2.45, 2.75) is 74.3 Å². The number of methoxy groups -OCH3 is 4. The zero-order valence-electron chi connectivity index (χ0n) is 20.6. The summed E-state index contributed by atoms with van der Waals surface area (Å²) in [6, 6.07) is -0.312. The van der Waals surface area contributed by atoms with Crippen LogP contribution in [0.3, 0.4) is 0 Å². The number of aliphatic hydroxyl groups is 3. The molecule has 0 radical (unpaired) electrons. The Labute approximate surface area is 196 Å². The Balaban J connectivity index is 1.68. The van der Waals surface area contributed by atoms with Crippen LogP contribution >= 0.6 is 0 Å². The third-order valence-electron chi connectivity index (χ3n) is 11.6. The van der Waals surface area contributed by atoms with Crippen LogP contribution in [-0.4, -0.2) is 110 Å². The Morgan fingerprint density at radius 2 is 1.79 bits per heavy atom. The summed E-state index contributed by atoms with van der Waals surface area (Å²) in [6.07, 6.45) is 1.81. The smallest absolute Gasteiger partial charge is 0.136 e. The van der Waals surface area contributed by atoms with Crippen molar-refractivity contribution in [3.8, 4) is 0 Å². The maximum Gasteiger partial charge on any atom is 0.136 e. The van der Waals surface area contributed by atoms with Crippen molar-refractivity contribution in [2.75, 3.05) is 48.1 Å². The summed E-state index contributed by atoms with van der Waals surface area (Å²) in [4.78, 5) is 2.33. The molecule has 188 valence electrons. The first-order valence-electron chi connectivity index (χ1n) is 12.7. The molecule has 1 aliphatic heterocycles. The minimum absolute atomic E-state index is 0.0443. The Hall–Kier alpha value is -0.320. The predicted molar refractivity (Wildman–Crippen MR) is 119 cm³/mol. The first-order chi connectivity index (χ1) is 15.8. The van der Waals surface area contributed by atoms with Crippen molar-refractivity contribution >= 4 is 0 Å². The number of piperidine rings is 1. The van der Waals surface area contributed by atoms with E-state index in [0.717, 1.165) is 25.8 Å². The minimum atomic E-state index is -1.52. The second kappa shape index (κ2) is 7.13. The molecule has 0 aromatic carbocycles. The van der Waals surface area contributed by atoms with Gasteiger partial charge < -0.3 is 34.3 Å². The molecular weight excluding hydrogens is 426 g/mol. The second-order valence-electron chi connectivity index (χ2n) is 11.8. The van der Waals surface area contributed by atoms with Gasteiger partial charge >= 0.3 is 0 Å². The van der Waals surface area contributed by atoms with E-state index in [4.69, 9.17) is 18.9 Å². The molecule has 1 saturated heterocycles. The molecule has 6 aliphatic rings. The molecule has 13 atom stereocenters. The summed E-state index contributed by atoms with van der Waals surface area (Å²) in [5.74, 6) is -0.0916. The highest BCUT2D eigenvalue weighted by Crippen LogP contribution is 2.80. The van der Waals surface area contributed by atoms with E-state index in [1.54, 1.807) is 28.4 Å². The van der Waals surface area contributed by atoms with Gasteiger partial charge in [0.2, 0.25) is 0 Å². The van der Waals surface area contributed by atoms with Gasteiger partial charge in [0.15, 0.2) is 0 Å². The molecule has 0 aromatic heterocycles. The Morgan fingerprint density at radius 1 is 1.03 bits per heavy atom. The topological polar surface area (TPSA) is 101 Å². The molecule has 6 rings (SSSR count). The van der Waals surface area contributed by atoms with Gasteiger partial charge in [0.05, 0.1) is 37.1 Å². The van der Waals surface area contributed by atoms with Crippen molar-refractivity contribution in [2.24, 2.45) is 34.5 Å². The summed E-state index contributed by atoms with van der Waals surface area (Å²) in [5.41, 5.74) is -3.78. The standard InChI is InChI=1S/C25H41NO7/c1-6-26-11-22(12-27)8-7-16(31-3)24-14-9-13-15(30-2)10-23(28,17(14)18(13)32-4)25(29,21(24)26)20(33-5)19(22)24/h13-21,27-29H,6-12H2,1-5H3/t13-,14+,15+,16+,17-,18+,19-,20+,21+,22+,23-,24+,25-/m1/s1. The van der Waals surface area contributed by atoms with Gasteiger partial charge in [0.1, 0.15) is 11.2 Å². The fourth-order valence-corrected chi connectivity index (χ4v) is 11.0. The van der Waals surface area contributed by atoms with Gasteiger partial charge in [-0.1, -0.05) is 6.92 Å². The van der Waals surface area contributed by atoms with Crippen LogP contribution in [0.1, 0.15) is 32.6 Å². The van der Waals surface area contributed by atoms with Crippen molar-refractivity contribution in [1.82, 2.24) is 4.90 Å². The maximum atomic E-state index is 13.0. The van der Waals surface area contributed by atoms with Crippen LogP contribution in [0, 0.1) is 34.5 Å². The van der Waals surface area contributed by atoms with Crippen LogP contribution in [-0.2, 0) is 18.9 Å². The third kappa shape index (κ3) is 2.16. The SMILES string of the molecule is CCN1C[C@]2(CO)CC[C@H](OC)[C@@]34[C@@H]2[C@H](OC)[C@@](O)([C@@H]13)[C@@]1(O)C[C@H](OC)[C@H]2C[C@H]4[C@@H]1[C@H]2OC. The molecule has 8 heteroatoms. The number of hydrogen-bond acceptors (Lipinski definition) is 8. The van der Waals surface area contributed by atoms with E-state index in [-0.39, 0.29) is 54.6 Å². The lowest BCUT2D eigenvalue weighted by atomic mass is 9.42. The lowest BCUT2D eigenvalue weighted by Crippen LogP contribution is -2.82. The molecule has 1 spiro atoms. The van der Waals surface area contributed by atoms with Crippen LogP contribution in [0.4, 0.5) is 0 Å². The lowest BCUT2D eigenvalue weighted by Gasteiger charge is -2.70. The lowest BCUT2D eigenvalue weighted by molar-refractivity contribution is -0.320. The monoisotopic (exact) mass is 467 g/mol. The molecule has 0 amide bonds. The zero-order valence-corrected chi connectivity index (χ0v) is 20.6. The van der Waals surface area contributed by atoms with Crippen LogP contribution < -0.4 is 0 Å². The molecule has 7 bridgehead atoms. The van der Waals surface area contributed by atoms with Crippen LogP contribution in [0.2, 0.25) is 0 Å². The van der Waals surface area contributed by atoms with Crippen molar-refractivity contribution in [1.29, 1.82) is 0 Å². The number of fused-ring (bicyclic) bond motifs is 2. The van der Waals surface area contributed by atoms with E-state index >= 15 is 0 Å². The van der Waals surface area contributed by atoms with Gasteiger partial charge in [-0.3, -0.25) is 4.90 Å². The van der Waals surface area contributed by atoms with Gasteiger partial charge in [-0.15, -0.1) is 0 Å². The van der Waals surface area contributed by atoms with E-state index in [1.807, 2.05) is 0 Å². The van der Waals surface area contributed by atoms with Crippen LogP contribution in [0.15, 0.2) is 0 Å². The summed E-state index contributed by atoms with van der Waals surface area (Å²) in [5, 5.41) is 36.6. The molecule has 6 fully saturated rings. The number of likely N-dealkylation sites (N-methyl/N-ethyl adjacent to an activating group) is 1. The van der Waals surface area contributed by atoms with E-state index in [1.165, 1.54) is 0 Å². The highest BCUT2D eigenvalue weighted by atomic mass is 16.5. The van der Waals surface area contributed by atoms with Gasteiger partial charge in [0.25, 0.3) is 0 Å². The quantitative estimate of drug-likeness (QED) is 0.512. The number of likely N-dealkylation sites (tertiary alicyclic amines) is 1. The Bertz CT molecular complexity index is 814. The maximum absolute atomic E-state index is 13.0. The van der Waals surface area contributed by atoms with E-state index < -0.39 is 28.1 Å². The first kappa shape index (κ1) is 23.1. The van der Waals surface area contributed by atoms with Gasteiger partial charge in [-0.25, -0.2) is 0 Å². The average Bonchev–Trinajstić information content (AvgIpc) is 3.24. The summed E-state index contributed by atoms with van der Waals surface area (Å²) >= 11 is 0. The van der Waals surface area contributed by atoms with Crippen molar-refractivity contribution in [3.05, 3.63) is 0 Å². The largest absolute Gasteiger partial charge is 0.396 e. The van der Waals surface area contributed by atoms with E-state index in [2.05, 4.69) is 11.8 Å². The van der Waals surface area contributed by atoms with Crippen molar-refractivity contribution in [3.63, 3.8) is 0 Å². The van der Waals surface area contributed by atoms with E-state index in [9.17, 15) is 15.3 Å². The Morgan fingerprint density at radius 3 is 2.36 bits per heavy atom. The summed E-state index contributed by atoms with van der Waals surface area (Å²) < 4.78 is 24.5. The molecular formula is C25H41NO7. The normalized spacial score (nSPS) is 60.9. The van der Waals surface area contributed by atoms with Crippen LogP contribution in [0.25, 0.3) is 0 Å². The molecule has 3 N–H and O–H groups in total. The second-order valence-corrected chi connectivity index (χ2v) is 11.8. The van der Waals surface area contributed by atoms with Crippen molar-refractivity contribution < 1.29 is 34.3 Å². The van der Waals surface area contributed by atoms with Gasteiger partial charge in [-0.2, -0.15) is 0 Å². The molecule has 5 aliphatic carbocycles. The first-order valence-corrected chi connectivity index (χ1v) is 12.7. The number of ether oxygens (including phenoxy) is 4. The van der Waals surface area contributed by atoms with Gasteiger partial charge in [0, 0.05) is 70.0 Å². The number of hydrogen-bond donors (Lipinski definition) is 3. The molecule has 0 unspecified atom stereocenters. The highest BCUT2D eigenvalue weighted by molar-refractivity contribution is 5.41. The van der Waals surface area contributed by atoms with Gasteiger partial charge in [-0.05, 0) is 31.7 Å². The number of aliphatic hydroxyl groups excluding tert-OH is 1. The molecule has 0 aromatic rings. The zero-order chi connectivity index (χ0) is 23.6. The number of nitrogens with zero attached hydrogens (tertiary/aromatic N) is 1.